The van der Waals surface area contributed by atoms with Crippen LogP contribution < -0.4 is 15.8 Å². The van der Waals surface area contributed by atoms with Crippen LogP contribution in [0.4, 0.5) is 11.4 Å². The highest BCUT2D eigenvalue weighted by atomic mass is 35.5. The van der Waals surface area contributed by atoms with Crippen molar-refractivity contribution in [2.75, 3.05) is 15.8 Å². The fourth-order valence-corrected chi connectivity index (χ4v) is 1.77. The van der Waals surface area contributed by atoms with Gasteiger partial charge in [-0.05, 0) is 38.1 Å². The molecule has 0 aliphatic carbocycles. The summed E-state index contributed by atoms with van der Waals surface area (Å²) in [6.45, 7) is 3.14. The molecule has 0 aromatic heterocycles. The van der Waals surface area contributed by atoms with Crippen LogP contribution in [0.25, 0.3) is 0 Å². The molecule has 1 amide bonds. The molecular formula is C11H18ClN3O3S. The summed E-state index contributed by atoms with van der Waals surface area (Å²) in [4.78, 5) is 11.3. The predicted octanol–water partition coefficient (Wildman–Crippen LogP) is 1.16. The van der Waals surface area contributed by atoms with Gasteiger partial charge >= 0.3 is 0 Å². The van der Waals surface area contributed by atoms with Gasteiger partial charge in [0.1, 0.15) is 0 Å². The first-order valence-corrected chi connectivity index (χ1v) is 7.16. The molecule has 1 aromatic rings. The quantitative estimate of drug-likeness (QED) is 0.759. The van der Waals surface area contributed by atoms with Gasteiger partial charge in [-0.2, -0.15) is 0 Å². The SMILES string of the molecule is CCS(=O)(=O)Nc1ccc(NC(=O)[C@H](C)N)cc1.Cl. The number of halogens is 1. The van der Waals surface area contributed by atoms with E-state index in [2.05, 4.69) is 10.0 Å². The van der Waals surface area contributed by atoms with Gasteiger partial charge in [0.05, 0.1) is 11.8 Å². The second kappa shape index (κ2) is 7.32. The summed E-state index contributed by atoms with van der Waals surface area (Å²) in [5.41, 5.74) is 6.43. The zero-order valence-corrected chi connectivity index (χ0v) is 12.3. The molecule has 1 atom stereocenters. The summed E-state index contributed by atoms with van der Waals surface area (Å²) in [5.74, 6) is -0.284. The van der Waals surface area contributed by atoms with Crippen molar-refractivity contribution in [3.63, 3.8) is 0 Å². The summed E-state index contributed by atoms with van der Waals surface area (Å²) >= 11 is 0. The Balaban J connectivity index is 0.00000324. The predicted molar refractivity (Wildman–Crippen MR) is 79.1 cm³/mol. The van der Waals surface area contributed by atoms with Crippen LogP contribution in [-0.2, 0) is 14.8 Å². The third kappa shape index (κ3) is 5.91. The van der Waals surface area contributed by atoms with Crippen molar-refractivity contribution < 1.29 is 13.2 Å². The van der Waals surface area contributed by atoms with Crippen molar-refractivity contribution in [1.82, 2.24) is 0 Å². The molecule has 1 aromatic carbocycles. The number of nitrogens with two attached hydrogens (primary N) is 1. The summed E-state index contributed by atoms with van der Waals surface area (Å²) in [6, 6.07) is 5.76. The first kappa shape index (κ1) is 17.7. The summed E-state index contributed by atoms with van der Waals surface area (Å²) < 4.78 is 25.1. The van der Waals surface area contributed by atoms with E-state index in [1.165, 1.54) is 0 Å². The number of carbonyl (C=O) groups is 1. The van der Waals surface area contributed by atoms with Crippen molar-refractivity contribution in [1.29, 1.82) is 0 Å². The van der Waals surface area contributed by atoms with Crippen LogP contribution in [0, 0.1) is 0 Å². The van der Waals surface area contributed by atoms with Crippen molar-refractivity contribution in [3.05, 3.63) is 24.3 Å². The van der Waals surface area contributed by atoms with Crippen molar-refractivity contribution in [3.8, 4) is 0 Å². The third-order valence-corrected chi connectivity index (χ3v) is 3.53. The average molecular weight is 308 g/mol. The number of hydrogen-bond acceptors (Lipinski definition) is 4. The molecule has 108 valence electrons. The standard InChI is InChI=1S/C11H17N3O3S.ClH/c1-3-18(16,17)14-10-6-4-9(5-7-10)13-11(15)8(2)12;/h4-8,14H,3,12H2,1-2H3,(H,13,15);1H/t8-;/m0./s1. The van der Waals surface area contributed by atoms with Gasteiger partial charge in [-0.1, -0.05) is 0 Å². The van der Waals surface area contributed by atoms with Gasteiger partial charge in [-0.15, -0.1) is 12.4 Å². The molecule has 1 rings (SSSR count). The van der Waals surface area contributed by atoms with Crippen LogP contribution in [0.3, 0.4) is 0 Å². The zero-order valence-electron chi connectivity index (χ0n) is 10.7. The Kier molecular flexibility index (Phi) is 6.82. The van der Waals surface area contributed by atoms with Gasteiger partial charge in [0.15, 0.2) is 0 Å². The van der Waals surface area contributed by atoms with Crippen LogP contribution >= 0.6 is 12.4 Å². The highest BCUT2D eigenvalue weighted by molar-refractivity contribution is 7.92. The molecule has 0 aliphatic rings. The Bertz CT molecular complexity index is 514. The lowest BCUT2D eigenvalue weighted by atomic mass is 10.2. The zero-order chi connectivity index (χ0) is 13.8. The Hall–Kier alpha value is -1.31. The van der Waals surface area contributed by atoms with Gasteiger partial charge in [-0.25, -0.2) is 8.42 Å². The molecule has 19 heavy (non-hydrogen) atoms. The minimum absolute atomic E-state index is 0. The fourth-order valence-electron chi connectivity index (χ4n) is 1.13. The molecule has 0 saturated heterocycles. The second-order valence-corrected chi connectivity index (χ2v) is 5.87. The largest absolute Gasteiger partial charge is 0.325 e. The number of amides is 1. The number of sulfonamides is 1. The van der Waals surface area contributed by atoms with Gasteiger partial charge in [0, 0.05) is 11.4 Å². The van der Waals surface area contributed by atoms with Crippen LogP contribution in [0.15, 0.2) is 24.3 Å². The molecule has 0 radical (unpaired) electrons. The van der Waals surface area contributed by atoms with E-state index in [0.29, 0.717) is 11.4 Å². The molecule has 0 heterocycles. The lowest BCUT2D eigenvalue weighted by molar-refractivity contribution is -0.117. The molecule has 0 fully saturated rings. The van der Waals surface area contributed by atoms with Crippen molar-refractivity contribution in [2.45, 2.75) is 19.9 Å². The molecule has 8 heteroatoms. The molecule has 0 unspecified atom stereocenters. The average Bonchev–Trinajstić information content (AvgIpc) is 2.31. The molecule has 0 aliphatic heterocycles. The lowest BCUT2D eigenvalue weighted by Crippen LogP contribution is -2.32. The molecule has 0 saturated carbocycles. The maximum Gasteiger partial charge on any atom is 0.240 e. The number of rotatable bonds is 5. The number of hydrogen-bond donors (Lipinski definition) is 3. The molecule has 4 N–H and O–H groups in total. The van der Waals surface area contributed by atoms with E-state index in [-0.39, 0.29) is 24.1 Å². The first-order valence-electron chi connectivity index (χ1n) is 5.51. The number of benzene rings is 1. The number of anilines is 2. The molecule has 0 bridgehead atoms. The topological polar surface area (TPSA) is 101 Å². The third-order valence-electron chi connectivity index (χ3n) is 2.22. The normalized spacial score (nSPS) is 12.2. The summed E-state index contributed by atoms with van der Waals surface area (Å²) in [5, 5.41) is 2.60. The minimum atomic E-state index is -3.28. The molecule has 0 spiro atoms. The smallest absolute Gasteiger partial charge is 0.240 e. The van der Waals surface area contributed by atoms with Gasteiger partial charge in [0.25, 0.3) is 0 Å². The Morgan fingerprint density at radius 3 is 2.16 bits per heavy atom. The van der Waals surface area contributed by atoms with E-state index >= 15 is 0 Å². The van der Waals surface area contributed by atoms with E-state index < -0.39 is 16.1 Å². The Morgan fingerprint density at radius 2 is 1.74 bits per heavy atom. The van der Waals surface area contributed by atoms with Crippen LogP contribution in [-0.4, -0.2) is 26.1 Å². The number of nitrogens with one attached hydrogen (secondary N) is 2. The van der Waals surface area contributed by atoms with Crippen molar-refractivity contribution >= 4 is 39.7 Å². The lowest BCUT2D eigenvalue weighted by Gasteiger charge is -2.09. The van der Waals surface area contributed by atoms with Gasteiger partial charge in [-0.3, -0.25) is 9.52 Å². The second-order valence-electron chi connectivity index (χ2n) is 3.86. The van der Waals surface area contributed by atoms with Gasteiger partial charge in [0.2, 0.25) is 15.9 Å². The fraction of sp³-hybridized carbons (Fsp3) is 0.364. The number of carbonyl (C=O) groups excluding carboxylic acids is 1. The minimum Gasteiger partial charge on any atom is -0.325 e. The summed E-state index contributed by atoms with van der Waals surface area (Å²) in [6.07, 6.45) is 0. The molecular weight excluding hydrogens is 290 g/mol. The van der Waals surface area contributed by atoms with E-state index in [9.17, 15) is 13.2 Å². The van der Waals surface area contributed by atoms with Gasteiger partial charge < -0.3 is 11.1 Å². The highest BCUT2D eigenvalue weighted by Gasteiger charge is 2.08. The van der Waals surface area contributed by atoms with Crippen LogP contribution in [0.1, 0.15) is 13.8 Å². The maximum atomic E-state index is 11.3. The molecule has 6 nitrogen and oxygen atoms in total. The van der Waals surface area contributed by atoms with E-state index in [1.807, 2.05) is 0 Å². The van der Waals surface area contributed by atoms with E-state index in [0.717, 1.165) is 0 Å². The highest BCUT2D eigenvalue weighted by Crippen LogP contribution is 2.14. The van der Waals surface area contributed by atoms with Crippen LogP contribution in [0.2, 0.25) is 0 Å². The Morgan fingerprint density at radius 1 is 1.26 bits per heavy atom. The van der Waals surface area contributed by atoms with Crippen LogP contribution in [0.5, 0.6) is 0 Å². The monoisotopic (exact) mass is 307 g/mol. The first-order chi connectivity index (χ1) is 8.34. The Labute approximate surface area is 119 Å². The van der Waals surface area contributed by atoms with Crippen molar-refractivity contribution in [2.24, 2.45) is 5.73 Å². The summed E-state index contributed by atoms with van der Waals surface area (Å²) in [7, 11) is -3.28. The van der Waals surface area contributed by atoms with E-state index in [1.54, 1.807) is 38.1 Å². The van der Waals surface area contributed by atoms with E-state index in [4.69, 9.17) is 5.73 Å². The maximum absolute atomic E-state index is 11.3.